The molecule has 1 aliphatic heterocycles. The van der Waals surface area contributed by atoms with Crippen LogP contribution in [0, 0.1) is 0 Å². The molecule has 2 heterocycles. The van der Waals surface area contributed by atoms with E-state index in [-0.39, 0.29) is 5.91 Å². The first-order valence-corrected chi connectivity index (χ1v) is 13.4. The Balaban J connectivity index is 1.32. The van der Waals surface area contributed by atoms with Crippen LogP contribution in [0.3, 0.4) is 0 Å². The number of rotatable bonds is 6. The topological polar surface area (TPSA) is 70.6 Å². The summed E-state index contributed by atoms with van der Waals surface area (Å²) in [6, 6.07) is 15.2. The van der Waals surface area contributed by atoms with E-state index in [2.05, 4.69) is 22.0 Å². The van der Waals surface area contributed by atoms with Crippen LogP contribution in [0.2, 0.25) is 0 Å². The van der Waals surface area contributed by atoms with Gasteiger partial charge in [-0.15, -0.1) is 11.8 Å². The normalized spacial score (nSPS) is 15.0. The maximum atomic E-state index is 12.5. The molecule has 3 aromatic rings. The van der Waals surface area contributed by atoms with Gasteiger partial charge in [0.1, 0.15) is 0 Å². The minimum Gasteiger partial charge on any atom is -0.345 e. The fourth-order valence-corrected chi connectivity index (χ4v) is 5.98. The van der Waals surface area contributed by atoms with Crippen LogP contribution in [0.5, 0.6) is 0 Å². The molecule has 4 rings (SSSR count). The van der Waals surface area contributed by atoms with E-state index in [1.807, 2.05) is 23.1 Å². The second-order valence-corrected chi connectivity index (χ2v) is 11.4. The number of fused-ring (bicyclic) bond motifs is 1. The minimum atomic E-state index is -3.23. The molecule has 0 N–H and O–H groups in total. The van der Waals surface area contributed by atoms with Gasteiger partial charge in [-0.05, 0) is 30.3 Å². The van der Waals surface area contributed by atoms with E-state index in [9.17, 15) is 13.2 Å². The van der Waals surface area contributed by atoms with E-state index in [0.29, 0.717) is 24.4 Å². The third kappa shape index (κ3) is 4.96. The second kappa shape index (κ2) is 8.95. The van der Waals surface area contributed by atoms with Gasteiger partial charge in [-0.1, -0.05) is 29.5 Å². The lowest BCUT2D eigenvalue weighted by atomic mass is 10.3. The summed E-state index contributed by atoms with van der Waals surface area (Å²) in [5.41, 5.74) is 0.804. The quantitative estimate of drug-likeness (QED) is 0.523. The molecule has 1 aliphatic rings. The molecular weight excluding hydrogens is 438 g/mol. The van der Waals surface area contributed by atoms with E-state index in [0.717, 1.165) is 34.2 Å². The minimum absolute atomic E-state index is 0.195. The zero-order valence-corrected chi connectivity index (χ0v) is 19.1. The standard InChI is InChI=1S/C21H23N3O3S3/c1-30(26,27)17-7-8-18-19(15-17)29-21(22-18)24-12-10-23(11-13-24)20(25)9-14-28-16-5-3-2-4-6-16/h2-8,15H,9-14H2,1H3. The molecule has 0 bridgehead atoms. The van der Waals surface area contributed by atoms with E-state index >= 15 is 0 Å². The van der Waals surface area contributed by atoms with Crippen LogP contribution in [-0.4, -0.2) is 62.4 Å². The van der Waals surface area contributed by atoms with Gasteiger partial charge in [0.25, 0.3) is 0 Å². The summed E-state index contributed by atoms with van der Waals surface area (Å²) in [7, 11) is -3.23. The molecular formula is C21H23N3O3S3. The molecule has 0 atom stereocenters. The van der Waals surface area contributed by atoms with Crippen LogP contribution in [-0.2, 0) is 14.6 Å². The van der Waals surface area contributed by atoms with Gasteiger partial charge in [0.05, 0.1) is 15.1 Å². The van der Waals surface area contributed by atoms with Crippen LogP contribution in [0.15, 0.2) is 58.3 Å². The maximum Gasteiger partial charge on any atom is 0.223 e. The molecule has 1 amide bonds. The smallest absolute Gasteiger partial charge is 0.223 e. The van der Waals surface area contributed by atoms with Crippen molar-refractivity contribution in [3.05, 3.63) is 48.5 Å². The Morgan fingerprint density at radius 1 is 1.10 bits per heavy atom. The number of sulfone groups is 1. The number of hydrogen-bond donors (Lipinski definition) is 0. The number of amides is 1. The third-order valence-electron chi connectivity index (χ3n) is 5.01. The van der Waals surface area contributed by atoms with Gasteiger partial charge in [-0.2, -0.15) is 0 Å². The summed E-state index contributed by atoms with van der Waals surface area (Å²) in [6.45, 7) is 2.82. The summed E-state index contributed by atoms with van der Waals surface area (Å²) >= 11 is 3.21. The number of benzene rings is 2. The Hall–Kier alpha value is -2.10. The average molecular weight is 462 g/mol. The summed E-state index contributed by atoms with van der Waals surface area (Å²) in [5.74, 6) is 0.976. The lowest BCUT2D eigenvalue weighted by Crippen LogP contribution is -2.48. The van der Waals surface area contributed by atoms with Crippen molar-refractivity contribution in [1.82, 2.24) is 9.88 Å². The number of hydrogen-bond acceptors (Lipinski definition) is 7. The molecule has 0 unspecified atom stereocenters. The highest BCUT2D eigenvalue weighted by Crippen LogP contribution is 2.31. The Morgan fingerprint density at radius 3 is 2.53 bits per heavy atom. The Kier molecular flexibility index (Phi) is 6.31. The van der Waals surface area contributed by atoms with Crippen molar-refractivity contribution in [3.63, 3.8) is 0 Å². The molecule has 1 saturated heterocycles. The van der Waals surface area contributed by atoms with Crippen molar-refractivity contribution in [2.75, 3.05) is 43.1 Å². The van der Waals surface area contributed by atoms with E-state index in [4.69, 9.17) is 0 Å². The lowest BCUT2D eigenvalue weighted by molar-refractivity contribution is -0.131. The Morgan fingerprint density at radius 2 is 1.83 bits per heavy atom. The van der Waals surface area contributed by atoms with Crippen molar-refractivity contribution in [2.45, 2.75) is 16.2 Å². The number of anilines is 1. The summed E-state index contributed by atoms with van der Waals surface area (Å²) in [5, 5.41) is 0.877. The highest BCUT2D eigenvalue weighted by atomic mass is 32.2. The predicted octanol–water partition coefficient (Wildman–Crippen LogP) is 3.53. The Bertz CT molecular complexity index is 1140. The highest BCUT2D eigenvalue weighted by molar-refractivity contribution is 7.99. The van der Waals surface area contributed by atoms with Crippen LogP contribution in [0.25, 0.3) is 10.2 Å². The van der Waals surface area contributed by atoms with Crippen molar-refractivity contribution in [1.29, 1.82) is 0 Å². The summed E-state index contributed by atoms with van der Waals surface area (Å²) < 4.78 is 24.4. The number of piperazine rings is 1. The number of nitrogens with zero attached hydrogens (tertiary/aromatic N) is 3. The van der Waals surface area contributed by atoms with Crippen molar-refractivity contribution in [2.24, 2.45) is 0 Å². The fourth-order valence-electron chi connectivity index (χ4n) is 3.34. The number of aromatic nitrogens is 1. The van der Waals surface area contributed by atoms with Crippen LogP contribution in [0.4, 0.5) is 5.13 Å². The molecule has 158 valence electrons. The Labute approximate surface area is 184 Å². The van der Waals surface area contributed by atoms with Crippen LogP contribution < -0.4 is 4.90 Å². The molecule has 0 spiro atoms. The third-order valence-corrected chi connectivity index (χ3v) is 8.21. The fraction of sp³-hybridized carbons (Fsp3) is 0.333. The number of thioether (sulfide) groups is 1. The lowest BCUT2D eigenvalue weighted by Gasteiger charge is -2.34. The number of thiazole rings is 1. The van der Waals surface area contributed by atoms with Gasteiger partial charge >= 0.3 is 0 Å². The SMILES string of the molecule is CS(=O)(=O)c1ccc2nc(N3CCN(C(=O)CCSc4ccccc4)CC3)sc2c1. The monoisotopic (exact) mass is 461 g/mol. The van der Waals surface area contributed by atoms with Gasteiger partial charge in [-0.3, -0.25) is 4.79 Å². The van der Waals surface area contributed by atoms with Gasteiger partial charge in [-0.25, -0.2) is 13.4 Å². The molecule has 6 nitrogen and oxygen atoms in total. The predicted molar refractivity (Wildman–Crippen MR) is 123 cm³/mol. The van der Waals surface area contributed by atoms with E-state index in [1.54, 1.807) is 30.0 Å². The maximum absolute atomic E-state index is 12.5. The molecule has 0 aliphatic carbocycles. The van der Waals surface area contributed by atoms with E-state index in [1.165, 1.54) is 22.5 Å². The number of carbonyl (C=O) groups excluding carboxylic acids is 1. The first-order chi connectivity index (χ1) is 14.4. The highest BCUT2D eigenvalue weighted by Gasteiger charge is 2.23. The first kappa shape index (κ1) is 21.1. The van der Waals surface area contributed by atoms with Crippen molar-refractivity contribution in [3.8, 4) is 0 Å². The summed E-state index contributed by atoms with van der Waals surface area (Å²) in [6.07, 6.45) is 1.75. The van der Waals surface area contributed by atoms with Crippen LogP contribution in [0.1, 0.15) is 6.42 Å². The van der Waals surface area contributed by atoms with Gasteiger partial charge < -0.3 is 9.80 Å². The molecule has 2 aromatic carbocycles. The van der Waals surface area contributed by atoms with Crippen molar-refractivity contribution >= 4 is 54.2 Å². The van der Waals surface area contributed by atoms with E-state index < -0.39 is 9.84 Å². The number of carbonyl (C=O) groups is 1. The van der Waals surface area contributed by atoms with Crippen LogP contribution >= 0.6 is 23.1 Å². The first-order valence-electron chi connectivity index (χ1n) is 9.71. The zero-order chi connectivity index (χ0) is 21.1. The molecule has 0 radical (unpaired) electrons. The summed E-state index contributed by atoms with van der Waals surface area (Å²) in [4.78, 5) is 22.8. The second-order valence-electron chi connectivity index (χ2n) is 7.18. The molecule has 1 aromatic heterocycles. The van der Waals surface area contributed by atoms with Gasteiger partial charge in [0.2, 0.25) is 5.91 Å². The average Bonchev–Trinajstić information content (AvgIpc) is 3.17. The van der Waals surface area contributed by atoms with Gasteiger partial charge in [0.15, 0.2) is 15.0 Å². The van der Waals surface area contributed by atoms with Crippen molar-refractivity contribution < 1.29 is 13.2 Å². The molecule has 1 fully saturated rings. The van der Waals surface area contributed by atoms with Gasteiger partial charge in [0, 0.05) is 49.5 Å². The largest absolute Gasteiger partial charge is 0.345 e. The molecule has 30 heavy (non-hydrogen) atoms. The zero-order valence-electron chi connectivity index (χ0n) is 16.7. The molecule has 0 saturated carbocycles. The molecule has 9 heteroatoms.